The topological polar surface area (TPSA) is 329 Å². The Bertz CT molecular complexity index is 2240. The molecule has 22 heteroatoms. The Balaban J connectivity index is 0.00000143. The number of carboxylic acids is 2. The number of nitrogens with zero attached hydrogens (tertiary/aromatic N) is 1. The van der Waals surface area contributed by atoms with E-state index in [1.807, 2.05) is 24.3 Å². The first kappa shape index (κ1) is 51.3. The molecule has 0 saturated heterocycles. The number of fused-ring (bicyclic) bond motifs is 1. The SMILES string of the molecule is C[C@@H](O)[C@@H](CC(N)=O)NC(=O)C[C@H](CCCCN)NC(=O)[C@@H](Cc1c[nH]c2ccccc12)NC(=O)C[C@H](Cc1ccc(O)cc1)NC(=O)c1cccc(C(=O)O)n1.O=C(O)C(F)(F)F. The van der Waals surface area contributed by atoms with E-state index in [2.05, 4.69) is 31.2 Å². The number of H-pyrrole nitrogens is 1. The molecule has 2 aromatic heterocycles. The number of nitrogens with one attached hydrogen (secondary N) is 5. The number of nitrogens with two attached hydrogens (primary N) is 2. The largest absolute Gasteiger partial charge is 0.508 e. The fraction of sp³-hybridized carbons (Fsp3) is 0.381. The highest BCUT2D eigenvalue weighted by atomic mass is 19.4. The lowest BCUT2D eigenvalue weighted by atomic mass is 10.00. The summed E-state index contributed by atoms with van der Waals surface area (Å²) in [5.74, 6) is -7.22. The Morgan fingerprint density at radius 3 is 2.02 bits per heavy atom. The molecule has 19 nitrogen and oxygen atoms in total. The van der Waals surface area contributed by atoms with Gasteiger partial charge in [-0.25, -0.2) is 14.6 Å². The fourth-order valence-electron chi connectivity index (χ4n) is 6.35. The zero-order chi connectivity index (χ0) is 47.6. The number of carbonyl (C=O) groups excluding carboxylic acids is 5. The quantitative estimate of drug-likeness (QED) is 0.0502. The maximum absolute atomic E-state index is 14.2. The van der Waals surface area contributed by atoms with Crippen molar-refractivity contribution in [2.24, 2.45) is 11.5 Å². The molecule has 5 amide bonds. The van der Waals surface area contributed by atoms with Gasteiger partial charge in [0.2, 0.25) is 23.6 Å². The number of aromatic carboxylic acids is 1. The number of halogens is 3. The third kappa shape index (κ3) is 17.4. The van der Waals surface area contributed by atoms with Crippen LogP contribution in [0.3, 0.4) is 0 Å². The van der Waals surface area contributed by atoms with Crippen LogP contribution in [0.5, 0.6) is 5.75 Å². The number of aliphatic hydroxyl groups is 1. The summed E-state index contributed by atoms with van der Waals surface area (Å²) in [7, 11) is 0. The molecule has 13 N–H and O–H groups in total. The smallest absolute Gasteiger partial charge is 0.490 e. The van der Waals surface area contributed by atoms with Gasteiger partial charge in [0.15, 0.2) is 0 Å². The second kappa shape index (κ2) is 24.5. The summed E-state index contributed by atoms with van der Waals surface area (Å²) in [5.41, 5.74) is 12.7. The molecule has 0 radical (unpaired) electrons. The Hall–Kier alpha value is -7.07. The fourth-order valence-corrected chi connectivity index (χ4v) is 6.35. The highest BCUT2D eigenvalue weighted by Crippen LogP contribution is 2.20. The Morgan fingerprint density at radius 1 is 0.781 bits per heavy atom. The van der Waals surface area contributed by atoms with E-state index in [4.69, 9.17) is 21.4 Å². The number of phenols is 1. The van der Waals surface area contributed by atoms with E-state index >= 15 is 0 Å². The van der Waals surface area contributed by atoms with Crippen LogP contribution in [-0.4, -0.2) is 115 Å². The molecule has 0 aliphatic rings. The van der Waals surface area contributed by atoms with Crippen molar-refractivity contribution in [3.8, 4) is 5.75 Å². The van der Waals surface area contributed by atoms with Crippen molar-refractivity contribution < 1.29 is 67.2 Å². The van der Waals surface area contributed by atoms with E-state index in [0.29, 0.717) is 31.4 Å². The summed E-state index contributed by atoms with van der Waals surface area (Å²) >= 11 is 0. The van der Waals surface area contributed by atoms with Crippen LogP contribution in [0, 0.1) is 0 Å². The van der Waals surface area contributed by atoms with Gasteiger partial charge < -0.3 is 58.1 Å². The van der Waals surface area contributed by atoms with Crippen molar-refractivity contribution >= 4 is 52.4 Å². The van der Waals surface area contributed by atoms with Crippen LogP contribution in [0.2, 0.25) is 0 Å². The first-order valence-corrected chi connectivity index (χ1v) is 19.9. The molecule has 5 atom stereocenters. The molecule has 0 saturated carbocycles. The number of aliphatic hydroxyl groups excluding tert-OH is 1. The summed E-state index contributed by atoms with van der Waals surface area (Å²) in [5, 5.41) is 48.3. The Kier molecular flexibility index (Phi) is 19.7. The second-order valence-electron chi connectivity index (χ2n) is 14.7. The van der Waals surface area contributed by atoms with Crippen LogP contribution in [0.4, 0.5) is 13.2 Å². The molecule has 64 heavy (non-hydrogen) atoms. The van der Waals surface area contributed by atoms with E-state index < -0.39 is 77.9 Å². The Labute approximate surface area is 364 Å². The molecule has 0 fully saturated rings. The number of carbonyl (C=O) groups is 7. The predicted octanol–water partition coefficient (Wildman–Crippen LogP) is 1.80. The number of primary amides is 1. The van der Waals surface area contributed by atoms with E-state index in [0.717, 1.165) is 16.5 Å². The number of phenolic OH excluding ortho intramolecular Hbond substituents is 1. The van der Waals surface area contributed by atoms with Gasteiger partial charge in [-0.1, -0.05) is 42.8 Å². The van der Waals surface area contributed by atoms with Crippen LogP contribution in [0.1, 0.15) is 77.6 Å². The number of aromatic nitrogens is 2. The van der Waals surface area contributed by atoms with Gasteiger partial charge in [0.05, 0.1) is 12.1 Å². The maximum atomic E-state index is 14.2. The number of hydrogen-bond acceptors (Lipinski definition) is 11. The number of benzene rings is 2. The number of hydrogen-bond donors (Lipinski definition) is 11. The number of aliphatic carboxylic acids is 1. The zero-order valence-corrected chi connectivity index (χ0v) is 34.6. The van der Waals surface area contributed by atoms with Crippen molar-refractivity contribution in [3.63, 3.8) is 0 Å². The average Bonchev–Trinajstić information content (AvgIpc) is 3.63. The molecule has 0 bridgehead atoms. The molecular formula is C42H51F3N8O11. The van der Waals surface area contributed by atoms with E-state index in [9.17, 15) is 57.3 Å². The molecule has 2 heterocycles. The van der Waals surface area contributed by atoms with Gasteiger partial charge in [-0.2, -0.15) is 13.2 Å². The normalized spacial score (nSPS) is 13.5. The molecule has 0 aliphatic heterocycles. The first-order chi connectivity index (χ1) is 30.2. The van der Waals surface area contributed by atoms with E-state index in [-0.39, 0.29) is 49.2 Å². The molecule has 4 rings (SSSR count). The number of unbranched alkanes of at least 4 members (excludes halogenated alkanes) is 1. The standard InChI is InChI=1S/C40H50N8O9.C2HF3O2/c1-23(49)33(21-35(42)51)47-36(52)19-26(7-4-5-16-41)44-39(55)34(18-25-22-43-30-9-3-2-8-29(25)30)48-37(53)20-27(17-24-12-14-28(50)15-13-24)45-38(54)31-10-6-11-32(46-31)40(56)57;3-2(4,5)1(6)7/h2-3,6,8-15,22-23,26-27,33-34,43,49-50H,4-5,7,16-21,41H2,1H3,(H2,42,51)(H,44,55)(H,45,54)(H,47,52)(H,48,53)(H,56,57);(H,6,7)/t23-,26+,27+,33-,34-;/m1./s1. The minimum atomic E-state index is -5.08. The number of aromatic hydroxyl groups is 1. The predicted molar refractivity (Wildman–Crippen MR) is 223 cm³/mol. The van der Waals surface area contributed by atoms with Crippen LogP contribution < -0.4 is 32.7 Å². The molecular weight excluding hydrogens is 850 g/mol. The van der Waals surface area contributed by atoms with Crippen LogP contribution >= 0.6 is 0 Å². The highest BCUT2D eigenvalue weighted by molar-refractivity contribution is 5.95. The average molecular weight is 901 g/mol. The van der Waals surface area contributed by atoms with Gasteiger partial charge in [0.25, 0.3) is 5.91 Å². The third-order valence-electron chi connectivity index (χ3n) is 9.51. The molecule has 0 spiro atoms. The minimum absolute atomic E-state index is 0.0187. The summed E-state index contributed by atoms with van der Waals surface area (Å²) in [6, 6.07) is 13.9. The number of para-hydroxylation sites is 1. The summed E-state index contributed by atoms with van der Waals surface area (Å²) < 4.78 is 31.7. The monoisotopic (exact) mass is 900 g/mol. The van der Waals surface area contributed by atoms with Crippen molar-refractivity contribution in [2.45, 2.75) is 94.7 Å². The number of amides is 5. The number of alkyl halides is 3. The first-order valence-electron chi connectivity index (χ1n) is 19.9. The van der Waals surface area contributed by atoms with Crippen molar-refractivity contribution in [3.05, 3.63) is 95.4 Å². The number of pyridine rings is 1. The molecule has 0 aliphatic carbocycles. The summed E-state index contributed by atoms with van der Waals surface area (Å²) in [4.78, 5) is 93.5. The van der Waals surface area contributed by atoms with Crippen molar-refractivity contribution in [1.82, 2.24) is 31.2 Å². The van der Waals surface area contributed by atoms with Crippen LogP contribution in [-0.2, 0) is 36.8 Å². The van der Waals surface area contributed by atoms with Crippen molar-refractivity contribution in [1.29, 1.82) is 0 Å². The van der Waals surface area contributed by atoms with Crippen LogP contribution in [0.25, 0.3) is 10.9 Å². The van der Waals surface area contributed by atoms with Gasteiger partial charge >= 0.3 is 18.1 Å². The minimum Gasteiger partial charge on any atom is -0.508 e. The van der Waals surface area contributed by atoms with Gasteiger partial charge in [-0.15, -0.1) is 0 Å². The van der Waals surface area contributed by atoms with Gasteiger partial charge in [0, 0.05) is 54.9 Å². The van der Waals surface area contributed by atoms with E-state index in [1.54, 1.807) is 18.3 Å². The van der Waals surface area contributed by atoms with E-state index in [1.165, 1.54) is 37.3 Å². The van der Waals surface area contributed by atoms with Gasteiger partial charge in [0.1, 0.15) is 23.2 Å². The number of aromatic amines is 1. The lowest BCUT2D eigenvalue weighted by Gasteiger charge is -2.26. The molecule has 4 aromatic rings. The number of rotatable bonds is 22. The lowest BCUT2D eigenvalue weighted by Crippen LogP contribution is -2.53. The summed E-state index contributed by atoms with van der Waals surface area (Å²) in [6.07, 6.45) is -3.50. The van der Waals surface area contributed by atoms with Gasteiger partial charge in [-0.3, -0.25) is 24.0 Å². The number of carboxylic acid groups (broad SMARTS) is 2. The molecule has 346 valence electrons. The van der Waals surface area contributed by atoms with Crippen molar-refractivity contribution in [2.75, 3.05) is 6.54 Å². The second-order valence-corrected chi connectivity index (χ2v) is 14.7. The van der Waals surface area contributed by atoms with Crippen LogP contribution in [0.15, 0.2) is 72.9 Å². The summed E-state index contributed by atoms with van der Waals surface area (Å²) in [6.45, 7) is 1.80. The lowest BCUT2D eigenvalue weighted by molar-refractivity contribution is -0.192. The molecule has 2 aromatic carbocycles. The molecule has 0 unspecified atom stereocenters. The zero-order valence-electron chi connectivity index (χ0n) is 34.6. The Morgan fingerprint density at radius 2 is 1.41 bits per heavy atom. The maximum Gasteiger partial charge on any atom is 0.490 e. The highest BCUT2D eigenvalue weighted by Gasteiger charge is 2.38. The third-order valence-corrected chi connectivity index (χ3v) is 9.51. The van der Waals surface area contributed by atoms with Gasteiger partial charge in [-0.05, 0) is 74.2 Å².